The Kier molecular flexibility index (Phi) is 10.4. The van der Waals surface area contributed by atoms with Crippen molar-refractivity contribution in [1.29, 1.82) is 0 Å². The molecule has 0 bridgehead atoms. The summed E-state index contributed by atoms with van der Waals surface area (Å²) in [5.41, 5.74) is 1.45. The first-order valence-corrected chi connectivity index (χ1v) is 7.84. The van der Waals surface area contributed by atoms with Crippen LogP contribution in [0.3, 0.4) is 0 Å². The SMILES string of the molecule is [CH2]CCCCCCOCCCCCc1ccccc1. The van der Waals surface area contributed by atoms with Gasteiger partial charge in [0.15, 0.2) is 0 Å². The minimum Gasteiger partial charge on any atom is -0.381 e. The van der Waals surface area contributed by atoms with Crippen LogP contribution in [0, 0.1) is 6.92 Å². The van der Waals surface area contributed by atoms with Gasteiger partial charge in [-0.2, -0.15) is 0 Å². The van der Waals surface area contributed by atoms with E-state index in [-0.39, 0.29) is 0 Å². The van der Waals surface area contributed by atoms with E-state index < -0.39 is 0 Å². The van der Waals surface area contributed by atoms with Gasteiger partial charge in [-0.3, -0.25) is 0 Å². The summed E-state index contributed by atoms with van der Waals surface area (Å²) in [7, 11) is 0. The van der Waals surface area contributed by atoms with Crippen molar-refractivity contribution in [2.24, 2.45) is 0 Å². The van der Waals surface area contributed by atoms with Crippen LogP contribution in [0.25, 0.3) is 0 Å². The molecule has 0 aliphatic rings. The van der Waals surface area contributed by atoms with E-state index in [4.69, 9.17) is 4.74 Å². The van der Waals surface area contributed by atoms with E-state index in [1.54, 1.807) is 0 Å². The number of benzene rings is 1. The van der Waals surface area contributed by atoms with Crippen molar-refractivity contribution >= 4 is 0 Å². The number of hydrogen-bond acceptors (Lipinski definition) is 1. The van der Waals surface area contributed by atoms with Gasteiger partial charge in [-0.05, 0) is 31.2 Å². The molecule has 0 unspecified atom stereocenters. The highest BCUT2D eigenvalue weighted by molar-refractivity contribution is 5.14. The van der Waals surface area contributed by atoms with Crippen LogP contribution in [0.4, 0.5) is 0 Å². The maximum atomic E-state index is 5.65. The highest BCUT2D eigenvalue weighted by atomic mass is 16.5. The maximum absolute atomic E-state index is 5.65. The fraction of sp³-hybridized carbons (Fsp3) is 0.611. The number of hydrogen-bond donors (Lipinski definition) is 0. The van der Waals surface area contributed by atoms with Gasteiger partial charge in [0.2, 0.25) is 0 Å². The van der Waals surface area contributed by atoms with Crippen LogP contribution >= 0.6 is 0 Å². The molecule has 0 aromatic heterocycles. The molecule has 1 rings (SSSR count). The van der Waals surface area contributed by atoms with E-state index in [9.17, 15) is 0 Å². The summed E-state index contributed by atoms with van der Waals surface area (Å²) in [4.78, 5) is 0. The summed E-state index contributed by atoms with van der Waals surface area (Å²) < 4.78 is 5.65. The van der Waals surface area contributed by atoms with Gasteiger partial charge in [-0.15, -0.1) is 0 Å². The number of unbranched alkanes of at least 4 members (excludes halogenated alkanes) is 6. The molecule has 0 aliphatic carbocycles. The first kappa shape index (κ1) is 16.2. The third-order valence-electron chi connectivity index (χ3n) is 3.39. The van der Waals surface area contributed by atoms with Gasteiger partial charge in [0, 0.05) is 13.2 Å². The summed E-state index contributed by atoms with van der Waals surface area (Å²) in [5, 5.41) is 0. The molecule has 0 heterocycles. The van der Waals surface area contributed by atoms with Gasteiger partial charge in [-0.1, -0.05) is 69.4 Å². The van der Waals surface area contributed by atoms with Crippen molar-refractivity contribution in [1.82, 2.24) is 0 Å². The predicted molar refractivity (Wildman–Crippen MR) is 83.3 cm³/mol. The molecule has 0 saturated carbocycles. The number of aryl methyl sites for hydroxylation is 1. The van der Waals surface area contributed by atoms with Gasteiger partial charge in [0.1, 0.15) is 0 Å². The Morgan fingerprint density at radius 3 is 2.05 bits per heavy atom. The quantitative estimate of drug-likeness (QED) is 0.470. The zero-order chi connectivity index (χ0) is 13.6. The van der Waals surface area contributed by atoms with Gasteiger partial charge in [0.25, 0.3) is 0 Å². The van der Waals surface area contributed by atoms with Crippen LogP contribution in [0.1, 0.15) is 56.9 Å². The zero-order valence-corrected chi connectivity index (χ0v) is 12.3. The molecule has 0 amide bonds. The molecule has 1 aromatic rings. The van der Waals surface area contributed by atoms with Crippen LogP contribution in [0.2, 0.25) is 0 Å². The minimum atomic E-state index is 0.935. The van der Waals surface area contributed by atoms with Gasteiger partial charge >= 0.3 is 0 Å². The van der Waals surface area contributed by atoms with Crippen molar-refractivity contribution in [2.75, 3.05) is 13.2 Å². The van der Waals surface area contributed by atoms with Crippen LogP contribution in [0.5, 0.6) is 0 Å². The molecule has 0 saturated heterocycles. The van der Waals surface area contributed by atoms with Crippen LogP contribution in [-0.2, 0) is 11.2 Å². The third kappa shape index (κ3) is 9.72. The fourth-order valence-electron chi connectivity index (χ4n) is 2.19. The van der Waals surface area contributed by atoms with E-state index >= 15 is 0 Å². The Morgan fingerprint density at radius 1 is 0.737 bits per heavy atom. The van der Waals surface area contributed by atoms with E-state index in [2.05, 4.69) is 37.3 Å². The van der Waals surface area contributed by atoms with E-state index in [1.807, 2.05) is 0 Å². The Balaban J connectivity index is 1.79. The number of rotatable bonds is 12. The lowest BCUT2D eigenvalue weighted by molar-refractivity contribution is 0.126. The van der Waals surface area contributed by atoms with Crippen LogP contribution < -0.4 is 0 Å². The second-order valence-electron chi connectivity index (χ2n) is 5.18. The van der Waals surface area contributed by atoms with Crippen molar-refractivity contribution in [3.63, 3.8) is 0 Å². The molecule has 0 N–H and O–H groups in total. The fourth-order valence-corrected chi connectivity index (χ4v) is 2.19. The molecule has 0 fully saturated rings. The summed E-state index contributed by atoms with van der Waals surface area (Å²) >= 11 is 0. The van der Waals surface area contributed by atoms with Gasteiger partial charge in [0.05, 0.1) is 0 Å². The van der Waals surface area contributed by atoms with Crippen LogP contribution in [0.15, 0.2) is 30.3 Å². The predicted octanol–water partition coefficient (Wildman–Crippen LogP) is 5.20. The van der Waals surface area contributed by atoms with Crippen molar-refractivity contribution in [3.05, 3.63) is 42.8 Å². The summed E-state index contributed by atoms with van der Waals surface area (Å²) in [6.07, 6.45) is 11.1. The zero-order valence-electron chi connectivity index (χ0n) is 12.3. The maximum Gasteiger partial charge on any atom is 0.0466 e. The second-order valence-corrected chi connectivity index (χ2v) is 5.18. The smallest absolute Gasteiger partial charge is 0.0466 e. The molecule has 1 nitrogen and oxygen atoms in total. The van der Waals surface area contributed by atoms with Crippen molar-refractivity contribution < 1.29 is 4.74 Å². The highest BCUT2D eigenvalue weighted by Gasteiger charge is 1.94. The average Bonchev–Trinajstić information content (AvgIpc) is 2.46. The molecule has 107 valence electrons. The van der Waals surface area contributed by atoms with Crippen LogP contribution in [-0.4, -0.2) is 13.2 Å². The Hall–Kier alpha value is -0.820. The molecular formula is C18H29O. The standard InChI is InChI=1S/C18H29O/c1-2-3-4-5-11-16-19-17-12-7-10-15-18-13-8-6-9-14-18/h6,8-9,13-14H,1-5,7,10-12,15-17H2. The van der Waals surface area contributed by atoms with Gasteiger partial charge < -0.3 is 4.74 Å². The van der Waals surface area contributed by atoms with Crippen molar-refractivity contribution in [2.45, 2.75) is 57.8 Å². The molecule has 0 atom stereocenters. The normalized spacial score (nSPS) is 10.8. The summed E-state index contributed by atoms with van der Waals surface area (Å²) in [5.74, 6) is 0. The van der Waals surface area contributed by atoms with Gasteiger partial charge in [-0.25, -0.2) is 0 Å². The topological polar surface area (TPSA) is 9.23 Å². The minimum absolute atomic E-state index is 0.935. The molecule has 1 heteroatoms. The lowest BCUT2D eigenvalue weighted by Gasteiger charge is -2.04. The lowest BCUT2D eigenvalue weighted by atomic mass is 10.1. The summed E-state index contributed by atoms with van der Waals surface area (Å²) in [6, 6.07) is 10.7. The second kappa shape index (κ2) is 12.2. The molecule has 1 radical (unpaired) electrons. The first-order valence-electron chi connectivity index (χ1n) is 7.84. The van der Waals surface area contributed by atoms with E-state index in [1.165, 1.54) is 56.9 Å². The average molecular weight is 261 g/mol. The summed E-state index contributed by atoms with van der Waals surface area (Å²) in [6.45, 7) is 5.73. The third-order valence-corrected chi connectivity index (χ3v) is 3.39. The molecule has 0 aliphatic heterocycles. The number of ether oxygens (including phenoxy) is 1. The molecule has 19 heavy (non-hydrogen) atoms. The van der Waals surface area contributed by atoms with Crippen molar-refractivity contribution in [3.8, 4) is 0 Å². The van der Waals surface area contributed by atoms with E-state index in [0.717, 1.165) is 19.6 Å². The molecular weight excluding hydrogens is 232 g/mol. The molecule has 0 spiro atoms. The largest absolute Gasteiger partial charge is 0.381 e. The highest BCUT2D eigenvalue weighted by Crippen LogP contribution is 2.07. The molecule has 1 aromatic carbocycles. The lowest BCUT2D eigenvalue weighted by Crippen LogP contribution is -1.97. The Morgan fingerprint density at radius 2 is 1.37 bits per heavy atom. The Bertz CT molecular complexity index is 281. The Labute approximate surface area is 119 Å². The first-order chi connectivity index (χ1) is 9.43. The van der Waals surface area contributed by atoms with E-state index in [0.29, 0.717) is 0 Å². The monoisotopic (exact) mass is 261 g/mol.